The average molecular weight is 387 g/mol. The Morgan fingerprint density at radius 3 is 3.20 bits per heavy atom. The summed E-state index contributed by atoms with van der Waals surface area (Å²) in [6.07, 6.45) is 5.02. The Morgan fingerprint density at radius 1 is 1.48 bits per heavy atom. The predicted molar refractivity (Wildman–Crippen MR) is 106 cm³/mol. The first-order valence-electron chi connectivity index (χ1n) is 9.08. The minimum atomic E-state index is 0.592. The molecule has 142 valence electrons. The van der Waals surface area contributed by atoms with Gasteiger partial charge in [-0.2, -0.15) is 0 Å². The van der Waals surface area contributed by atoms with E-state index < -0.39 is 0 Å². The molecule has 1 aromatic rings. The quantitative estimate of drug-likeness (QED) is 0.249. The van der Waals surface area contributed by atoms with Crippen molar-refractivity contribution in [1.29, 1.82) is 0 Å². The standard InChI is InChI=1S/C17H30N4O2S2/c1-2-18-16(20-7-4-11-24-17-21-8-12-25-17)19-6-3-9-22-13-15-5-10-23-14-15/h8,12,15H,2-7,9-11,13-14H2,1H3,(H2,18,19,20). The normalized spacial score (nSPS) is 17.8. The van der Waals surface area contributed by atoms with Gasteiger partial charge in [-0.3, -0.25) is 4.99 Å². The first-order valence-corrected chi connectivity index (χ1v) is 10.9. The molecule has 0 bridgehead atoms. The molecule has 0 saturated carbocycles. The molecule has 1 fully saturated rings. The van der Waals surface area contributed by atoms with Crippen LogP contribution in [0.3, 0.4) is 0 Å². The van der Waals surface area contributed by atoms with Crippen molar-refractivity contribution in [1.82, 2.24) is 15.6 Å². The number of thiazole rings is 1. The topological polar surface area (TPSA) is 67.8 Å². The summed E-state index contributed by atoms with van der Waals surface area (Å²) in [7, 11) is 0. The van der Waals surface area contributed by atoms with Crippen molar-refractivity contribution in [3.8, 4) is 0 Å². The van der Waals surface area contributed by atoms with Crippen molar-refractivity contribution in [3.05, 3.63) is 11.6 Å². The zero-order valence-corrected chi connectivity index (χ0v) is 16.7. The van der Waals surface area contributed by atoms with E-state index in [-0.39, 0.29) is 0 Å². The highest BCUT2D eigenvalue weighted by Gasteiger charge is 2.15. The lowest BCUT2D eigenvalue weighted by atomic mass is 10.1. The van der Waals surface area contributed by atoms with Crippen molar-refractivity contribution in [3.63, 3.8) is 0 Å². The number of hydrogen-bond donors (Lipinski definition) is 2. The number of ether oxygens (including phenoxy) is 2. The third-order valence-corrected chi connectivity index (χ3v) is 5.74. The number of nitrogens with one attached hydrogen (secondary N) is 2. The minimum absolute atomic E-state index is 0.592. The number of thioether (sulfide) groups is 1. The molecule has 2 rings (SSSR count). The maximum absolute atomic E-state index is 5.72. The molecule has 1 aliphatic rings. The van der Waals surface area contributed by atoms with Gasteiger partial charge in [-0.25, -0.2) is 4.98 Å². The number of nitrogens with zero attached hydrogens (tertiary/aromatic N) is 2. The van der Waals surface area contributed by atoms with Gasteiger partial charge in [-0.05, 0) is 26.2 Å². The minimum Gasteiger partial charge on any atom is -0.381 e. The zero-order valence-electron chi connectivity index (χ0n) is 15.0. The summed E-state index contributed by atoms with van der Waals surface area (Å²) in [6, 6.07) is 0. The van der Waals surface area contributed by atoms with Gasteiger partial charge in [0.2, 0.25) is 0 Å². The molecule has 1 aromatic heterocycles. The predicted octanol–water partition coefficient (Wildman–Crippen LogP) is 2.62. The molecule has 2 heterocycles. The van der Waals surface area contributed by atoms with E-state index in [0.717, 1.165) is 81.4 Å². The van der Waals surface area contributed by atoms with Crippen LogP contribution in [0.1, 0.15) is 26.2 Å². The van der Waals surface area contributed by atoms with E-state index in [1.807, 2.05) is 11.6 Å². The molecule has 2 N–H and O–H groups in total. The molecular formula is C17H30N4O2S2. The highest BCUT2D eigenvalue weighted by Crippen LogP contribution is 2.20. The van der Waals surface area contributed by atoms with Crippen LogP contribution in [0.5, 0.6) is 0 Å². The van der Waals surface area contributed by atoms with E-state index in [1.165, 1.54) is 0 Å². The van der Waals surface area contributed by atoms with Crippen LogP contribution in [-0.2, 0) is 9.47 Å². The molecule has 0 aromatic carbocycles. The van der Waals surface area contributed by atoms with Gasteiger partial charge in [-0.1, -0.05) is 11.8 Å². The van der Waals surface area contributed by atoms with E-state index in [0.29, 0.717) is 5.92 Å². The van der Waals surface area contributed by atoms with Crippen LogP contribution in [-0.4, -0.2) is 62.8 Å². The number of hydrogen-bond acceptors (Lipinski definition) is 6. The van der Waals surface area contributed by atoms with Crippen LogP contribution in [0.2, 0.25) is 0 Å². The molecule has 0 amide bonds. The van der Waals surface area contributed by atoms with Crippen LogP contribution < -0.4 is 10.6 Å². The fraction of sp³-hybridized carbons (Fsp3) is 0.765. The molecule has 1 saturated heterocycles. The molecule has 1 unspecified atom stereocenters. The smallest absolute Gasteiger partial charge is 0.191 e. The fourth-order valence-electron chi connectivity index (χ4n) is 2.38. The molecule has 25 heavy (non-hydrogen) atoms. The summed E-state index contributed by atoms with van der Waals surface area (Å²) in [6.45, 7) is 8.02. The first-order chi connectivity index (χ1) is 12.4. The lowest BCUT2D eigenvalue weighted by molar-refractivity contribution is 0.0888. The van der Waals surface area contributed by atoms with Crippen molar-refractivity contribution < 1.29 is 9.47 Å². The highest BCUT2D eigenvalue weighted by atomic mass is 32.2. The summed E-state index contributed by atoms with van der Waals surface area (Å²) in [5.41, 5.74) is 0. The summed E-state index contributed by atoms with van der Waals surface area (Å²) in [5.74, 6) is 2.54. The zero-order chi connectivity index (χ0) is 17.6. The van der Waals surface area contributed by atoms with Gasteiger partial charge in [0.25, 0.3) is 0 Å². The molecule has 8 heteroatoms. The summed E-state index contributed by atoms with van der Waals surface area (Å²) < 4.78 is 12.2. The lowest BCUT2D eigenvalue weighted by Gasteiger charge is -2.12. The van der Waals surface area contributed by atoms with Gasteiger partial charge in [0.05, 0.1) is 13.2 Å². The monoisotopic (exact) mass is 386 g/mol. The van der Waals surface area contributed by atoms with Gasteiger partial charge < -0.3 is 20.1 Å². The van der Waals surface area contributed by atoms with E-state index in [9.17, 15) is 0 Å². The maximum atomic E-state index is 5.72. The Morgan fingerprint density at radius 2 is 2.44 bits per heavy atom. The van der Waals surface area contributed by atoms with Crippen LogP contribution >= 0.6 is 23.1 Å². The second-order valence-electron chi connectivity index (χ2n) is 5.85. The number of guanidine groups is 1. The largest absolute Gasteiger partial charge is 0.381 e. The Kier molecular flexibility index (Phi) is 11.0. The second-order valence-corrected chi connectivity index (χ2v) is 8.08. The number of rotatable bonds is 12. The van der Waals surface area contributed by atoms with E-state index in [2.05, 4.69) is 27.5 Å². The molecular weight excluding hydrogens is 356 g/mol. The Balaban J connectivity index is 1.49. The second kappa shape index (κ2) is 13.4. The molecule has 1 aliphatic heterocycles. The van der Waals surface area contributed by atoms with Crippen molar-refractivity contribution >= 4 is 29.1 Å². The SMILES string of the molecule is CCNC(=NCCCSc1nccs1)NCCCOCC1CCOC1. The van der Waals surface area contributed by atoms with E-state index in [4.69, 9.17) is 9.47 Å². The van der Waals surface area contributed by atoms with Crippen molar-refractivity contribution in [2.45, 2.75) is 30.5 Å². The Hall–Kier alpha value is -0.830. The third-order valence-electron chi connectivity index (χ3n) is 3.69. The van der Waals surface area contributed by atoms with Crippen LogP contribution in [0, 0.1) is 5.92 Å². The van der Waals surface area contributed by atoms with Gasteiger partial charge >= 0.3 is 0 Å². The van der Waals surface area contributed by atoms with Gasteiger partial charge in [-0.15, -0.1) is 11.3 Å². The van der Waals surface area contributed by atoms with Gasteiger partial charge in [0.15, 0.2) is 5.96 Å². The first kappa shape index (κ1) is 20.5. The van der Waals surface area contributed by atoms with Gasteiger partial charge in [0.1, 0.15) is 4.34 Å². The maximum Gasteiger partial charge on any atom is 0.191 e. The summed E-state index contributed by atoms with van der Waals surface area (Å²) in [4.78, 5) is 8.89. The lowest BCUT2D eigenvalue weighted by Crippen LogP contribution is -2.38. The molecule has 0 spiro atoms. The highest BCUT2D eigenvalue weighted by molar-refractivity contribution is 8.00. The Labute approximate surface area is 159 Å². The van der Waals surface area contributed by atoms with E-state index >= 15 is 0 Å². The number of aromatic nitrogens is 1. The molecule has 0 aliphatic carbocycles. The molecule has 0 radical (unpaired) electrons. The van der Waals surface area contributed by atoms with Crippen LogP contribution in [0.15, 0.2) is 20.9 Å². The Bertz CT molecular complexity index is 465. The van der Waals surface area contributed by atoms with Crippen molar-refractivity contribution in [2.24, 2.45) is 10.9 Å². The third kappa shape index (κ3) is 9.44. The summed E-state index contributed by atoms with van der Waals surface area (Å²) >= 11 is 3.49. The molecule has 6 nitrogen and oxygen atoms in total. The number of aliphatic imine (C=N–C) groups is 1. The van der Waals surface area contributed by atoms with Crippen LogP contribution in [0.25, 0.3) is 0 Å². The van der Waals surface area contributed by atoms with Crippen LogP contribution in [0.4, 0.5) is 0 Å². The summed E-state index contributed by atoms with van der Waals surface area (Å²) in [5, 5.41) is 8.67. The average Bonchev–Trinajstić information content (AvgIpc) is 3.31. The fourth-order valence-corrected chi connectivity index (χ4v) is 4.02. The van der Waals surface area contributed by atoms with Crippen molar-refractivity contribution in [2.75, 3.05) is 51.8 Å². The van der Waals surface area contributed by atoms with Gasteiger partial charge in [0, 0.05) is 56.1 Å². The molecule has 1 atom stereocenters. The van der Waals surface area contributed by atoms with E-state index in [1.54, 1.807) is 23.1 Å².